The summed E-state index contributed by atoms with van der Waals surface area (Å²) in [6, 6.07) is 5.69. The van der Waals surface area contributed by atoms with Crippen molar-refractivity contribution in [3.63, 3.8) is 0 Å². The Hall–Kier alpha value is -1.49. The third-order valence-corrected chi connectivity index (χ3v) is 3.44. The second kappa shape index (κ2) is 5.02. The standard InChI is InChI=1S/C13H15BrN2O2/c1-7(2)11-12(18-16-13(11)15)9-6-8(17-3)4-5-10(9)14/h4-7H,1-3H3,(H2,15,16). The highest BCUT2D eigenvalue weighted by atomic mass is 79.9. The van der Waals surface area contributed by atoms with E-state index < -0.39 is 0 Å². The molecule has 0 atom stereocenters. The van der Waals surface area contributed by atoms with Crippen LogP contribution in [0.4, 0.5) is 5.82 Å². The van der Waals surface area contributed by atoms with Crippen molar-refractivity contribution in [1.82, 2.24) is 5.16 Å². The summed E-state index contributed by atoms with van der Waals surface area (Å²) in [4.78, 5) is 0. The van der Waals surface area contributed by atoms with E-state index in [1.165, 1.54) is 0 Å². The van der Waals surface area contributed by atoms with Gasteiger partial charge in [-0.3, -0.25) is 0 Å². The molecular weight excluding hydrogens is 296 g/mol. The first-order valence-electron chi connectivity index (χ1n) is 5.63. The quantitative estimate of drug-likeness (QED) is 0.936. The van der Waals surface area contributed by atoms with Crippen molar-refractivity contribution in [2.24, 2.45) is 0 Å². The number of rotatable bonds is 3. The Bertz CT molecular complexity index is 564. The predicted molar refractivity (Wildman–Crippen MR) is 74.7 cm³/mol. The van der Waals surface area contributed by atoms with E-state index in [0.717, 1.165) is 21.3 Å². The second-order valence-corrected chi connectivity index (χ2v) is 5.17. The van der Waals surface area contributed by atoms with Crippen LogP contribution >= 0.6 is 15.9 Å². The third kappa shape index (κ3) is 2.22. The van der Waals surface area contributed by atoms with Crippen LogP contribution in [-0.4, -0.2) is 12.3 Å². The highest BCUT2D eigenvalue weighted by Gasteiger charge is 2.20. The van der Waals surface area contributed by atoms with E-state index in [0.29, 0.717) is 11.6 Å². The molecule has 4 nitrogen and oxygen atoms in total. The van der Waals surface area contributed by atoms with Crippen molar-refractivity contribution >= 4 is 21.7 Å². The molecular formula is C13H15BrN2O2. The number of nitrogen functional groups attached to an aromatic ring is 1. The van der Waals surface area contributed by atoms with Crippen molar-refractivity contribution in [3.8, 4) is 17.1 Å². The fourth-order valence-electron chi connectivity index (χ4n) is 1.87. The van der Waals surface area contributed by atoms with Crippen LogP contribution in [0.3, 0.4) is 0 Å². The lowest BCUT2D eigenvalue weighted by Gasteiger charge is -2.08. The average molecular weight is 311 g/mol. The van der Waals surface area contributed by atoms with Crippen LogP contribution in [-0.2, 0) is 0 Å². The Morgan fingerprint density at radius 1 is 1.39 bits per heavy atom. The molecule has 0 saturated heterocycles. The molecule has 1 aromatic carbocycles. The van der Waals surface area contributed by atoms with Crippen LogP contribution in [0, 0.1) is 0 Å². The second-order valence-electron chi connectivity index (χ2n) is 4.31. The normalized spacial score (nSPS) is 10.9. The Kier molecular flexibility index (Phi) is 3.61. The summed E-state index contributed by atoms with van der Waals surface area (Å²) in [6.45, 7) is 4.11. The molecule has 0 bridgehead atoms. The molecule has 2 aromatic rings. The first-order valence-corrected chi connectivity index (χ1v) is 6.42. The van der Waals surface area contributed by atoms with Gasteiger partial charge in [0.1, 0.15) is 5.75 Å². The van der Waals surface area contributed by atoms with Gasteiger partial charge in [-0.2, -0.15) is 0 Å². The number of aromatic nitrogens is 1. The number of hydrogen-bond acceptors (Lipinski definition) is 4. The number of nitrogens with two attached hydrogens (primary N) is 1. The maximum atomic E-state index is 5.85. The number of nitrogens with zero attached hydrogens (tertiary/aromatic N) is 1. The molecule has 1 heterocycles. The zero-order valence-electron chi connectivity index (χ0n) is 10.5. The van der Waals surface area contributed by atoms with Gasteiger partial charge in [-0.15, -0.1) is 0 Å². The molecule has 0 radical (unpaired) electrons. The van der Waals surface area contributed by atoms with Gasteiger partial charge in [0.2, 0.25) is 0 Å². The molecule has 2 N–H and O–H groups in total. The summed E-state index contributed by atoms with van der Waals surface area (Å²) in [5.41, 5.74) is 7.66. The summed E-state index contributed by atoms with van der Waals surface area (Å²) < 4.78 is 11.5. The van der Waals surface area contributed by atoms with Gasteiger partial charge in [0, 0.05) is 15.6 Å². The topological polar surface area (TPSA) is 61.3 Å². The fourth-order valence-corrected chi connectivity index (χ4v) is 2.29. The van der Waals surface area contributed by atoms with E-state index in [9.17, 15) is 0 Å². The van der Waals surface area contributed by atoms with Gasteiger partial charge in [0.25, 0.3) is 0 Å². The molecule has 1 aromatic heterocycles. The molecule has 18 heavy (non-hydrogen) atoms. The maximum absolute atomic E-state index is 5.85. The maximum Gasteiger partial charge on any atom is 0.173 e. The molecule has 0 fully saturated rings. The van der Waals surface area contributed by atoms with Gasteiger partial charge in [-0.25, -0.2) is 0 Å². The summed E-state index contributed by atoms with van der Waals surface area (Å²) in [6.07, 6.45) is 0. The highest BCUT2D eigenvalue weighted by Crippen LogP contribution is 2.38. The largest absolute Gasteiger partial charge is 0.497 e. The molecule has 5 heteroatoms. The summed E-state index contributed by atoms with van der Waals surface area (Å²) in [5.74, 6) is 2.13. The molecule has 0 amide bonds. The van der Waals surface area contributed by atoms with E-state index in [2.05, 4.69) is 34.9 Å². The zero-order valence-corrected chi connectivity index (χ0v) is 12.1. The Labute approximate surface area is 114 Å². The zero-order chi connectivity index (χ0) is 13.3. The van der Waals surface area contributed by atoms with Crippen molar-refractivity contribution < 1.29 is 9.26 Å². The summed E-state index contributed by atoms with van der Waals surface area (Å²) in [7, 11) is 1.63. The molecule has 0 aliphatic rings. The molecule has 96 valence electrons. The number of ether oxygens (including phenoxy) is 1. The predicted octanol–water partition coefficient (Wildman–Crippen LogP) is 3.82. The third-order valence-electron chi connectivity index (χ3n) is 2.75. The van der Waals surface area contributed by atoms with Gasteiger partial charge >= 0.3 is 0 Å². The molecule has 0 aliphatic carbocycles. The lowest BCUT2D eigenvalue weighted by Crippen LogP contribution is -1.95. The van der Waals surface area contributed by atoms with Crippen molar-refractivity contribution in [2.75, 3.05) is 12.8 Å². The van der Waals surface area contributed by atoms with Gasteiger partial charge in [-0.1, -0.05) is 34.9 Å². The number of anilines is 1. The summed E-state index contributed by atoms with van der Waals surface area (Å²) in [5, 5.41) is 3.85. The monoisotopic (exact) mass is 310 g/mol. The molecule has 0 saturated carbocycles. The molecule has 0 spiro atoms. The first kappa shape index (κ1) is 13.0. The van der Waals surface area contributed by atoms with Crippen LogP contribution in [0.2, 0.25) is 0 Å². The lowest BCUT2D eigenvalue weighted by atomic mass is 9.99. The minimum atomic E-state index is 0.240. The van der Waals surface area contributed by atoms with E-state index in [4.69, 9.17) is 15.0 Å². The van der Waals surface area contributed by atoms with Crippen molar-refractivity contribution in [2.45, 2.75) is 19.8 Å². The van der Waals surface area contributed by atoms with Gasteiger partial charge in [0.05, 0.1) is 7.11 Å². The van der Waals surface area contributed by atoms with Crippen LogP contribution < -0.4 is 10.5 Å². The van der Waals surface area contributed by atoms with E-state index in [1.807, 2.05) is 18.2 Å². The Morgan fingerprint density at radius 3 is 2.72 bits per heavy atom. The van der Waals surface area contributed by atoms with Crippen LogP contribution in [0.25, 0.3) is 11.3 Å². The van der Waals surface area contributed by atoms with Gasteiger partial charge in [-0.05, 0) is 24.1 Å². The number of hydrogen-bond donors (Lipinski definition) is 1. The van der Waals surface area contributed by atoms with Crippen LogP contribution in [0.1, 0.15) is 25.3 Å². The SMILES string of the molecule is COc1ccc(Br)c(-c2onc(N)c2C(C)C)c1. The van der Waals surface area contributed by atoms with Crippen molar-refractivity contribution in [3.05, 3.63) is 28.2 Å². The Morgan fingerprint density at radius 2 is 2.11 bits per heavy atom. The van der Waals surface area contributed by atoms with E-state index in [1.54, 1.807) is 7.11 Å². The molecule has 0 aliphatic heterocycles. The minimum absolute atomic E-state index is 0.240. The smallest absolute Gasteiger partial charge is 0.173 e. The fraction of sp³-hybridized carbons (Fsp3) is 0.308. The van der Waals surface area contributed by atoms with E-state index in [-0.39, 0.29) is 5.92 Å². The van der Waals surface area contributed by atoms with Crippen LogP contribution in [0.5, 0.6) is 5.75 Å². The van der Waals surface area contributed by atoms with Crippen LogP contribution in [0.15, 0.2) is 27.2 Å². The molecule has 0 unspecified atom stereocenters. The number of halogens is 1. The van der Waals surface area contributed by atoms with Crippen molar-refractivity contribution in [1.29, 1.82) is 0 Å². The average Bonchev–Trinajstić information content (AvgIpc) is 2.72. The van der Waals surface area contributed by atoms with E-state index >= 15 is 0 Å². The Balaban J connectivity index is 2.61. The number of methoxy groups -OCH3 is 1. The first-order chi connectivity index (χ1) is 8.54. The number of benzene rings is 1. The van der Waals surface area contributed by atoms with Gasteiger partial charge in [0.15, 0.2) is 11.6 Å². The van der Waals surface area contributed by atoms with Gasteiger partial charge < -0.3 is 15.0 Å². The lowest BCUT2D eigenvalue weighted by molar-refractivity contribution is 0.413. The summed E-state index contributed by atoms with van der Waals surface area (Å²) >= 11 is 3.50. The highest BCUT2D eigenvalue weighted by molar-refractivity contribution is 9.10. The molecule has 2 rings (SSSR count). The minimum Gasteiger partial charge on any atom is -0.497 e.